The van der Waals surface area contributed by atoms with Gasteiger partial charge in [0.25, 0.3) is 5.91 Å². The molecule has 2 saturated heterocycles. The summed E-state index contributed by atoms with van der Waals surface area (Å²) < 4.78 is 45.8. The van der Waals surface area contributed by atoms with Crippen molar-refractivity contribution in [1.29, 1.82) is 0 Å². The highest BCUT2D eigenvalue weighted by molar-refractivity contribution is 7.98. The van der Waals surface area contributed by atoms with Crippen LogP contribution in [0.1, 0.15) is 67.6 Å². The molecule has 0 spiro atoms. The van der Waals surface area contributed by atoms with Crippen molar-refractivity contribution in [3.05, 3.63) is 47.2 Å². The van der Waals surface area contributed by atoms with Gasteiger partial charge in [0.2, 0.25) is 0 Å². The molecule has 206 valence electrons. The first-order chi connectivity index (χ1) is 18.2. The summed E-state index contributed by atoms with van der Waals surface area (Å²) in [5.41, 5.74) is 0.446. The monoisotopic (exact) mass is 550 g/mol. The van der Waals surface area contributed by atoms with Crippen LogP contribution in [-0.2, 0) is 21.5 Å². The summed E-state index contributed by atoms with van der Waals surface area (Å²) in [6.07, 6.45) is -0.502. The lowest BCUT2D eigenvalue weighted by molar-refractivity contribution is -0.149. The van der Waals surface area contributed by atoms with Gasteiger partial charge in [-0.1, -0.05) is 23.9 Å². The first kappa shape index (κ1) is 28.2. The van der Waals surface area contributed by atoms with Crippen LogP contribution in [0.25, 0.3) is 0 Å². The summed E-state index contributed by atoms with van der Waals surface area (Å²) in [5.74, 6) is 0.206. The van der Waals surface area contributed by atoms with E-state index in [2.05, 4.69) is 9.97 Å². The SMILES string of the molecule is CCOC(=O)C1CCN(C(=O)c2ccc(CSc3nc(N4CCCCC4C)cc(C(F)(F)F)n3)cc2)CC1. The molecule has 1 amide bonds. The van der Waals surface area contributed by atoms with E-state index >= 15 is 0 Å². The lowest BCUT2D eigenvalue weighted by Crippen LogP contribution is -2.40. The number of thioether (sulfide) groups is 1. The van der Waals surface area contributed by atoms with Crippen LogP contribution in [0.2, 0.25) is 0 Å². The van der Waals surface area contributed by atoms with Gasteiger partial charge >= 0.3 is 12.1 Å². The van der Waals surface area contributed by atoms with Crippen molar-refractivity contribution in [2.45, 2.75) is 69.1 Å². The standard InChI is InChI=1S/C27H33F3N4O3S/c1-3-37-25(36)21-11-14-33(15-12-21)24(35)20-9-7-19(8-10-20)17-38-26-31-22(27(28,29)30)16-23(32-26)34-13-5-4-6-18(34)2/h7-10,16,18,21H,3-6,11-15,17H2,1-2H3. The van der Waals surface area contributed by atoms with Gasteiger partial charge < -0.3 is 14.5 Å². The molecule has 0 saturated carbocycles. The fourth-order valence-electron chi connectivity index (χ4n) is 4.86. The van der Waals surface area contributed by atoms with E-state index in [4.69, 9.17) is 4.74 Å². The number of esters is 1. The van der Waals surface area contributed by atoms with Crippen molar-refractivity contribution in [1.82, 2.24) is 14.9 Å². The number of aromatic nitrogens is 2. The molecule has 7 nitrogen and oxygen atoms in total. The number of anilines is 1. The summed E-state index contributed by atoms with van der Waals surface area (Å²) >= 11 is 1.14. The van der Waals surface area contributed by atoms with Crippen LogP contribution < -0.4 is 4.90 Å². The Bertz CT molecular complexity index is 1120. The van der Waals surface area contributed by atoms with E-state index < -0.39 is 11.9 Å². The number of likely N-dealkylation sites (tertiary alicyclic amines) is 1. The third-order valence-corrected chi connectivity index (χ3v) is 7.97. The Labute approximate surface area is 225 Å². The number of hydrogen-bond acceptors (Lipinski definition) is 7. The highest BCUT2D eigenvalue weighted by atomic mass is 32.2. The van der Waals surface area contributed by atoms with Crippen molar-refractivity contribution in [3.63, 3.8) is 0 Å². The minimum absolute atomic E-state index is 0.0808. The maximum Gasteiger partial charge on any atom is 0.433 e. The largest absolute Gasteiger partial charge is 0.466 e. The second kappa shape index (κ2) is 12.4. The molecule has 3 heterocycles. The number of ether oxygens (including phenoxy) is 1. The van der Waals surface area contributed by atoms with Gasteiger partial charge in [-0.15, -0.1) is 0 Å². The van der Waals surface area contributed by atoms with Gasteiger partial charge in [0.15, 0.2) is 10.9 Å². The molecular weight excluding hydrogens is 517 g/mol. The zero-order valence-corrected chi connectivity index (χ0v) is 22.5. The number of rotatable bonds is 7. The zero-order chi connectivity index (χ0) is 27.3. The Morgan fingerprint density at radius 2 is 1.76 bits per heavy atom. The Balaban J connectivity index is 1.39. The topological polar surface area (TPSA) is 75.6 Å². The number of nitrogens with zero attached hydrogens (tertiary/aromatic N) is 4. The second-order valence-corrected chi connectivity index (χ2v) is 10.7. The quantitative estimate of drug-likeness (QED) is 0.253. The first-order valence-electron chi connectivity index (χ1n) is 13.1. The average molecular weight is 551 g/mol. The van der Waals surface area contributed by atoms with E-state index in [0.29, 0.717) is 56.2 Å². The summed E-state index contributed by atoms with van der Waals surface area (Å²) in [6.45, 7) is 5.79. The molecular formula is C27H33F3N4O3S. The van der Waals surface area contributed by atoms with Crippen LogP contribution in [0.4, 0.5) is 19.0 Å². The van der Waals surface area contributed by atoms with Crippen molar-refractivity contribution < 1.29 is 27.5 Å². The molecule has 0 N–H and O–H groups in total. The van der Waals surface area contributed by atoms with E-state index in [0.717, 1.165) is 42.7 Å². The van der Waals surface area contributed by atoms with Crippen LogP contribution in [0.15, 0.2) is 35.5 Å². The molecule has 38 heavy (non-hydrogen) atoms. The molecule has 4 rings (SSSR count). The summed E-state index contributed by atoms with van der Waals surface area (Å²) in [4.78, 5) is 36.8. The van der Waals surface area contributed by atoms with Crippen LogP contribution in [0, 0.1) is 5.92 Å². The van der Waals surface area contributed by atoms with E-state index in [9.17, 15) is 22.8 Å². The van der Waals surface area contributed by atoms with E-state index in [-0.39, 0.29) is 29.0 Å². The fraction of sp³-hybridized carbons (Fsp3) is 0.556. The van der Waals surface area contributed by atoms with Crippen molar-refractivity contribution in [2.75, 3.05) is 31.1 Å². The number of benzene rings is 1. The van der Waals surface area contributed by atoms with Crippen molar-refractivity contribution in [3.8, 4) is 0 Å². The molecule has 1 aromatic heterocycles. The number of amides is 1. The van der Waals surface area contributed by atoms with Crippen LogP contribution in [0.3, 0.4) is 0 Å². The smallest absolute Gasteiger partial charge is 0.433 e. The number of halogens is 3. The van der Waals surface area contributed by atoms with Crippen LogP contribution in [-0.4, -0.2) is 59.0 Å². The fourth-order valence-corrected chi connectivity index (χ4v) is 5.67. The molecule has 0 bridgehead atoms. The van der Waals surface area contributed by atoms with Crippen molar-refractivity contribution in [2.24, 2.45) is 5.92 Å². The van der Waals surface area contributed by atoms with Gasteiger partial charge in [-0.05, 0) is 63.6 Å². The molecule has 1 unspecified atom stereocenters. The Hall–Kier alpha value is -2.82. The maximum atomic E-state index is 13.6. The first-order valence-corrected chi connectivity index (χ1v) is 14.0. The van der Waals surface area contributed by atoms with E-state index in [1.807, 2.05) is 11.8 Å². The minimum Gasteiger partial charge on any atom is -0.466 e. The third-order valence-electron chi connectivity index (χ3n) is 7.05. The average Bonchev–Trinajstić information content (AvgIpc) is 2.91. The summed E-state index contributed by atoms with van der Waals surface area (Å²) in [6, 6.07) is 8.22. The number of piperidine rings is 2. The second-order valence-electron chi connectivity index (χ2n) is 9.73. The predicted molar refractivity (Wildman–Crippen MR) is 139 cm³/mol. The van der Waals surface area contributed by atoms with Gasteiger partial charge in [-0.3, -0.25) is 9.59 Å². The van der Waals surface area contributed by atoms with E-state index in [1.54, 1.807) is 36.1 Å². The molecule has 2 aromatic rings. The molecule has 0 radical (unpaired) electrons. The van der Waals surface area contributed by atoms with Gasteiger partial charge in [0.05, 0.1) is 12.5 Å². The van der Waals surface area contributed by atoms with Crippen LogP contribution >= 0.6 is 11.8 Å². The minimum atomic E-state index is -4.56. The van der Waals surface area contributed by atoms with Gasteiger partial charge in [0, 0.05) is 43.1 Å². The molecule has 2 aliphatic heterocycles. The molecule has 1 atom stereocenters. The summed E-state index contributed by atoms with van der Waals surface area (Å²) in [5, 5.41) is 0.0808. The number of carbonyl (C=O) groups excluding carboxylic acids is 2. The highest BCUT2D eigenvalue weighted by Crippen LogP contribution is 2.34. The van der Waals surface area contributed by atoms with Crippen LogP contribution in [0.5, 0.6) is 0 Å². The van der Waals surface area contributed by atoms with Crippen molar-refractivity contribution >= 4 is 29.5 Å². The Morgan fingerprint density at radius 1 is 1.05 bits per heavy atom. The summed E-state index contributed by atoms with van der Waals surface area (Å²) in [7, 11) is 0. The molecule has 11 heteroatoms. The predicted octanol–water partition coefficient (Wildman–Crippen LogP) is 5.58. The molecule has 2 aliphatic rings. The highest BCUT2D eigenvalue weighted by Gasteiger charge is 2.35. The Kier molecular flexibility index (Phi) is 9.17. The Morgan fingerprint density at radius 3 is 2.39 bits per heavy atom. The third kappa shape index (κ3) is 6.98. The lowest BCUT2D eigenvalue weighted by atomic mass is 9.96. The van der Waals surface area contributed by atoms with Gasteiger partial charge in [0.1, 0.15) is 5.82 Å². The molecule has 2 fully saturated rings. The normalized spacial score (nSPS) is 18.9. The van der Waals surface area contributed by atoms with Gasteiger partial charge in [-0.25, -0.2) is 9.97 Å². The number of hydrogen-bond donors (Lipinski definition) is 0. The zero-order valence-electron chi connectivity index (χ0n) is 21.7. The lowest BCUT2D eigenvalue weighted by Gasteiger charge is -2.34. The van der Waals surface area contributed by atoms with E-state index in [1.165, 1.54) is 0 Å². The molecule has 0 aliphatic carbocycles. The number of alkyl halides is 3. The number of carbonyl (C=O) groups is 2. The van der Waals surface area contributed by atoms with Gasteiger partial charge in [-0.2, -0.15) is 13.2 Å². The molecule has 1 aromatic carbocycles. The maximum absolute atomic E-state index is 13.6.